The van der Waals surface area contributed by atoms with E-state index in [2.05, 4.69) is 50.2 Å². The molecule has 3 heterocycles. The predicted molar refractivity (Wildman–Crippen MR) is 123 cm³/mol. The fourth-order valence-corrected chi connectivity index (χ4v) is 5.55. The molecule has 3 aliphatic rings. The highest BCUT2D eigenvalue weighted by atomic mass is 16.2. The molecule has 164 valence electrons. The number of amides is 1. The first-order valence-electron chi connectivity index (χ1n) is 12.0. The molecule has 5 rings (SSSR count). The average Bonchev–Trinajstić information content (AvgIpc) is 3.32. The third-order valence-corrected chi connectivity index (χ3v) is 7.63. The average molecular weight is 419 g/mol. The van der Waals surface area contributed by atoms with E-state index in [1.165, 1.54) is 31.4 Å². The number of carbonyl (C=O) groups excluding carboxylic acids is 1. The quantitative estimate of drug-likeness (QED) is 0.675. The second-order valence-corrected chi connectivity index (χ2v) is 9.63. The van der Waals surface area contributed by atoms with Gasteiger partial charge in [-0.1, -0.05) is 11.6 Å². The van der Waals surface area contributed by atoms with Gasteiger partial charge in [-0.25, -0.2) is 0 Å². The van der Waals surface area contributed by atoms with Crippen LogP contribution in [-0.2, 0) is 11.3 Å². The Morgan fingerprint density at radius 2 is 2.10 bits per heavy atom. The van der Waals surface area contributed by atoms with Gasteiger partial charge in [0.25, 0.3) is 0 Å². The Hall–Kier alpha value is -2.40. The Balaban J connectivity index is 1.09. The van der Waals surface area contributed by atoms with Crippen LogP contribution >= 0.6 is 0 Å². The molecular weight excluding hydrogens is 384 g/mol. The first kappa shape index (κ1) is 20.5. The van der Waals surface area contributed by atoms with Crippen molar-refractivity contribution < 1.29 is 4.79 Å². The highest BCUT2D eigenvalue weighted by molar-refractivity contribution is 5.82. The van der Waals surface area contributed by atoms with E-state index in [4.69, 9.17) is 0 Å². The zero-order valence-corrected chi connectivity index (χ0v) is 18.4. The number of hydrogen-bond acceptors (Lipinski definition) is 3. The summed E-state index contributed by atoms with van der Waals surface area (Å²) in [4.78, 5) is 19.5. The number of nitrogens with zero attached hydrogens (tertiary/aromatic N) is 3. The van der Waals surface area contributed by atoms with Crippen molar-refractivity contribution in [3.8, 4) is 5.69 Å². The molecule has 5 heteroatoms. The molecule has 2 fully saturated rings. The smallest absolute Gasteiger partial charge is 0.223 e. The van der Waals surface area contributed by atoms with Crippen LogP contribution in [0.4, 0.5) is 0 Å². The summed E-state index contributed by atoms with van der Waals surface area (Å²) >= 11 is 0. The van der Waals surface area contributed by atoms with Gasteiger partial charge in [0.05, 0.1) is 11.9 Å². The van der Waals surface area contributed by atoms with Gasteiger partial charge in [0, 0.05) is 37.1 Å². The van der Waals surface area contributed by atoms with Crippen LogP contribution in [0.15, 0.2) is 54.5 Å². The van der Waals surface area contributed by atoms with Crippen LogP contribution in [0.3, 0.4) is 0 Å². The van der Waals surface area contributed by atoms with E-state index in [9.17, 15) is 4.79 Å². The molecule has 5 nitrogen and oxygen atoms in total. The lowest BCUT2D eigenvalue weighted by Crippen LogP contribution is -2.37. The highest BCUT2D eigenvalue weighted by Crippen LogP contribution is 2.59. The molecule has 1 atom stereocenters. The number of nitrogens with one attached hydrogen (secondary N) is 1. The lowest BCUT2D eigenvalue weighted by Gasteiger charge is -2.33. The minimum atomic E-state index is 0.245. The summed E-state index contributed by atoms with van der Waals surface area (Å²) in [5.41, 5.74) is 4.22. The highest BCUT2D eigenvalue weighted by Gasteiger charge is 2.58. The van der Waals surface area contributed by atoms with E-state index in [1.807, 2.05) is 18.5 Å². The predicted octanol–water partition coefficient (Wildman–Crippen LogP) is 4.48. The lowest BCUT2D eigenvalue weighted by atomic mass is 9.90. The molecular formula is C26H34N4O. The summed E-state index contributed by atoms with van der Waals surface area (Å²) in [6, 6.07) is 8.39. The topological polar surface area (TPSA) is 50.2 Å². The zero-order chi connectivity index (χ0) is 21.1. The minimum absolute atomic E-state index is 0.245. The molecule has 0 radical (unpaired) electrons. The van der Waals surface area contributed by atoms with Crippen LogP contribution in [-0.4, -0.2) is 40.0 Å². The summed E-state index contributed by atoms with van der Waals surface area (Å²) in [6.07, 6.45) is 17.7. The Morgan fingerprint density at radius 3 is 2.87 bits per heavy atom. The number of pyridine rings is 1. The van der Waals surface area contributed by atoms with Crippen LogP contribution in [0.2, 0.25) is 0 Å². The van der Waals surface area contributed by atoms with Gasteiger partial charge >= 0.3 is 0 Å². The third-order valence-electron chi connectivity index (χ3n) is 7.63. The van der Waals surface area contributed by atoms with Crippen molar-refractivity contribution in [2.45, 2.75) is 57.9 Å². The molecule has 1 saturated carbocycles. The van der Waals surface area contributed by atoms with Crippen LogP contribution in [0.25, 0.3) is 5.69 Å². The molecule has 1 aliphatic heterocycles. The fraction of sp³-hybridized carbons (Fsp3) is 0.538. The van der Waals surface area contributed by atoms with Gasteiger partial charge in [-0.2, -0.15) is 0 Å². The maximum atomic E-state index is 12.7. The van der Waals surface area contributed by atoms with Crippen molar-refractivity contribution in [1.29, 1.82) is 0 Å². The minimum Gasteiger partial charge on any atom is -0.356 e. The van der Waals surface area contributed by atoms with Crippen LogP contribution < -0.4 is 5.32 Å². The maximum Gasteiger partial charge on any atom is 0.223 e. The van der Waals surface area contributed by atoms with E-state index in [-0.39, 0.29) is 11.3 Å². The number of allylic oxidation sites excluding steroid dienone is 1. The van der Waals surface area contributed by atoms with Gasteiger partial charge in [0.1, 0.15) is 0 Å². The van der Waals surface area contributed by atoms with Crippen molar-refractivity contribution in [1.82, 2.24) is 19.8 Å². The normalized spacial score (nSPS) is 22.8. The van der Waals surface area contributed by atoms with Crippen LogP contribution in [0, 0.1) is 11.3 Å². The summed E-state index contributed by atoms with van der Waals surface area (Å²) in [5.74, 6) is 0.546. The zero-order valence-electron chi connectivity index (χ0n) is 18.4. The summed E-state index contributed by atoms with van der Waals surface area (Å²) in [7, 11) is 0. The Morgan fingerprint density at radius 1 is 1.19 bits per heavy atom. The Kier molecular flexibility index (Phi) is 5.95. The number of carbonyl (C=O) groups is 1. The van der Waals surface area contributed by atoms with Crippen molar-refractivity contribution in [3.63, 3.8) is 0 Å². The molecule has 0 bridgehead atoms. The number of hydrogen-bond donors (Lipinski definition) is 1. The van der Waals surface area contributed by atoms with E-state index in [1.54, 1.807) is 5.57 Å². The molecule has 1 spiro atoms. The molecule has 31 heavy (non-hydrogen) atoms. The molecule has 1 saturated heterocycles. The van der Waals surface area contributed by atoms with Gasteiger partial charge in [-0.05, 0) is 94.1 Å². The first-order valence-corrected chi connectivity index (χ1v) is 12.0. The summed E-state index contributed by atoms with van der Waals surface area (Å²) in [5, 5.41) is 3.23. The van der Waals surface area contributed by atoms with Gasteiger partial charge in [-0.3, -0.25) is 14.7 Å². The molecule has 1 unspecified atom stereocenters. The fourth-order valence-electron chi connectivity index (χ4n) is 5.55. The second kappa shape index (κ2) is 8.99. The van der Waals surface area contributed by atoms with E-state index in [0.29, 0.717) is 5.91 Å². The monoisotopic (exact) mass is 418 g/mol. The second-order valence-electron chi connectivity index (χ2n) is 9.63. The lowest BCUT2D eigenvalue weighted by molar-refractivity contribution is -0.123. The first-order chi connectivity index (χ1) is 15.2. The Labute approximate surface area is 185 Å². The summed E-state index contributed by atoms with van der Waals surface area (Å²) < 4.78 is 2.23. The van der Waals surface area contributed by atoms with Gasteiger partial charge in [0.15, 0.2) is 0 Å². The largest absolute Gasteiger partial charge is 0.356 e. The van der Waals surface area contributed by atoms with Crippen LogP contribution in [0.5, 0.6) is 0 Å². The standard InChI is InChI=1S/C26H34N4O/c31-25(28-14-10-21-6-2-1-3-7-21)24-18-26(24)11-16-29(17-12-26)20-23-9-5-15-30(23)22-8-4-13-27-19-22/h4-6,8-9,13,15,19,24H,1-3,7,10-12,14,16-18,20H2,(H,28,31). The molecule has 2 aromatic rings. The maximum absolute atomic E-state index is 12.7. The number of piperidine rings is 1. The molecule has 2 aliphatic carbocycles. The third kappa shape index (κ3) is 4.62. The van der Waals surface area contributed by atoms with E-state index >= 15 is 0 Å². The van der Waals surface area contributed by atoms with Crippen molar-refractivity contribution in [3.05, 3.63) is 60.2 Å². The van der Waals surface area contributed by atoms with Crippen molar-refractivity contribution >= 4 is 5.91 Å². The summed E-state index contributed by atoms with van der Waals surface area (Å²) in [6.45, 7) is 3.92. The number of aromatic nitrogens is 2. The molecule has 2 aromatic heterocycles. The molecule has 0 aromatic carbocycles. The van der Waals surface area contributed by atoms with Crippen molar-refractivity contribution in [2.75, 3.05) is 19.6 Å². The van der Waals surface area contributed by atoms with Crippen LogP contribution in [0.1, 0.15) is 57.1 Å². The van der Waals surface area contributed by atoms with E-state index < -0.39 is 0 Å². The van der Waals surface area contributed by atoms with E-state index in [0.717, 1.165) is 57.5 Å². The van der Waals surface area contributed by atoms with Gasteiger partial charge in [0.2, 0.25) is 5.91 Å². The SMILES string of the molecule is O=C(NCCC1=CCCCC1)C1CC12CCN(Cc1cccn1-c1cccnc1)CC2. The van der Waals surface area contributed by atoms with Gasteiger partial charge in [-0.15, -0.1) is 0 Å². The van der Waals surface area contributed by atoms with Crippen molar-refractivity contribution in [2.24, 2.45) is 11.3 Å². The molecule has 1 amide bonds. The van der Waals surface area contributed by atoms with Gasteiger partial charge < -0.3 is 9.88 Å². The number of rotatable bonds is 7. The molecule has 1 N–H and O–H groups in total. The number of likely N-dealkylation sites (tertiary alicyclic amines) is 1. The Bertz CT molecular complexity index is 924.